The van der Waals surface area contributed by atoms with Gasteiger partial charge in [-0.25, -0.2) is 15.0 Å². The molecule has 294 valence electrons. The minimum absolute atomic E-state index is 0.577. The molecule has 0 bridgehead atoms. The summed E-state index contributed by atoms with van der Waals surface area (Å²) in [6.07, 6.45) is 0. The van der Waals surface area contributed by atoms with E-state index in [-0.39, 0.29) is 0 Å². The molecular weight excluding hydrogens is 791 g/mol. The second kappa shape index (κ2) is 14.2. The van der Waals surface area contributed by atoms with Crippen molar-refractivity contribution < 1.29 is 8.83 Å². The van der Waals surface area contributed by atoms with Crippen LogP contribution in [0.1, 0.15) is 0 Å². The summed E-state index contributed by atoms with van der Waals surface area (Å²) in [6.45, 7) is 0. The average molecular weight is 824 g/mol. The molecule has 0 atom stereocenters. The van der Waals surface area contributed by atoms with E-state index in [4.69, 9.17) is 23.8 Å². The van der Waals surface area contributed by atoms with Gasteiger partial charge in [-0.15, -0.1) is 11.3 Å². The summed E-state index contributed by atoms with van der Waals surface area (Å²) in [6, 6.07) is 69.7. The van der Waals surface area contributed by atoms with Crippen molar-refractivity contribution >= 4 is 75.4 Å². The fourth-order valence-corrected chi connectivity index (χ4v) is 10.4. The molecule has 63 heavy (non-hydrogen) atoms. The number of hydrogen-bond acceptors (Lipinski definition) is 6. The quantitative estimate of drug-likeness (QED) is 0.167. The van der Waals surface area contributed by atoms with Gasteiger partial charge in [0.25, 0.3) is 0 Å². The second-order valence-corrected chi connectivity index (χ2v) is 17.0. The first-order chi connectivity index (χ1) is 31.2. The summed E-state index contributed by atoms with van der Waals surface area (Å²) in [7, 11) is 0. The van der Waals surface area contributed by atoms with Gasteiger partial charge in [-0.05, 0) is 75.8 Å². The Morgan fingerprint density at radius 3 is 1.49 bits per heavy atom. The summed E-state index contributed by atoms with van der Waals surface area (Å²) in [4.78, 5) is 15.4. The lowest BCUT2D eigenvalue weighted by Crippen LogP contribution is -2.00. The standard InChI is InChI=1S/C57H33N3O2S/c1-3-12-34(13-4-1)35-24-26-37(27-25-35)56-58-55(36-14-5-2-6-15-36)59-57(60-56)44-19-11-20-47-52(44)45-32-38(29-31-46(45)61-47)40-17-9-21-48-53(40)54-41(18-10-22-49(54)62-48)39-28-30-43-42-16-7-8-23-50(42)63-51(43)33-39/h1-33H. The molecule has 0 aliphatic carbocycles. The van der Waals surface area contributed by atoms with Crippen LogP contribution in [0.15, 0.2) is 209 Å². The molecule has 0 N–H and O–H groups in total. The Bertz CT molecular complexity index is 3900. The SMILES string of the molecule is c1ccc(-c2ccc(-c3nc(-c4ccccc4)nc(-c4cccc5oc6ccc(-c7cccc8oc9cccc(-c%10ccc%11c(c%10)sc%10ccccc%10%11)c9c78)cc6c45)n3)cc2)cc1. The van der Waals surface area contributed by atoms with Crippen LogP contribution in [0.2, 0.25) is 0 Å². The monoisotopic (exact) mass is 823 g/mol. The van der Waals surface area contributed by atoms with Crippen molar-refractivity contribution in [2.45, 2.75) is 0 Å². The maximum Gasteiger partial charge on any atom is 0.164 e. The number of thiophene rings is 1. The molecule has 0 fully saturated rings. The minimum Gasteiger partial charge on any atom is -0.456 e. The van der Waals surface area contributed by atoms with Crippen LogP contribution in [0.3, 0.4) is 0 Å². The Labute approximate surface area is 365 Å². The van der Waals surface area contributed by atoms with Gasteiger partial charge in [-0.2, -0.15) is 0 Å². The molecule has 4 heterocycles. The molecule has 9 aromatic carbocycles. The summed E-state index contributed by atoms with van der Waals surface area (Å²) >= 11 is 1.84. The zero-order chi connectivity index (χ0) is 41.4. The van der Waals surface area contributed by atoms with E-state index in [1.807, 2.05) is 59.9 Å². The van der Waals surface area contributed by atoms with Gasteiger partial charge < -0.3 is 8.83 Å². The normalized spacial score (nSPS) is 11.8. The Hall–Kier alpha value is -8.19. The molecule has 0 radical (unpaired) electrons. The van der Waals surface area contributed by atoms with Gasteiger partial charge in [0.2, 0.25) is 0 Å². The molecule has 6 heteroatoms. The molecular formula is C57H33N3O2S. The molecule has 0 aliphatic rings. The Morgan fingerprint density at radius 2 is 0.778 bits per heavy atom. The second-order valence-electron chi connectivity index (χ2n) is 15.9. The van der Waals surface area contributed by atoms with Crippen LogP contribution in [0.4, 0.5) is 0 Å². The van der Waals surface area contributed by atoms with Gasteiger partial charge in [-0.1, -0.05) is 158 Å². The lowest BCUT2D eigenvalue weighted by atomic mass is 9.93. The van der Waals surface area contributed by atoms with Crippen LogP contribution >= 0.6 is 11.3 Å². The molecule has 0 amide bonds. The fraction of sp³-hybridized carbons (Fsp3) is 0. The predicted octanol–water partition coefficient (Wildman–Crippen LogP) is 16.0. The van der Waals surface area contributed by atoms with E-state index in [1.165, 1.54) is 20.2 Å². The third kappa shape index (κ3) is 5.87. The molecule has 0 saturated heterocycles. The van der Waals surface area contributed by atoms with E-state index < -0.39 is 0 Å². The number of furan rings is 2. The van der Waals surface area contributed by atoms with Crippen LogP contribution in [-0.4, -0.2) is 15.0 Å². The number of rotatable bonds is 6. The van der Waals surface area contributed by atoms with Crippen molar-refractivity contribution in [1.82, 2.24) is 15.0 Å². The highest BCUT2D eigenvalue weighted by Crippen LogP contribution is 2.45. The lowest BCUT2D eigenvalue weighted by Gasteiger charge is -2.10. The van der Waals surface area contributed by atoms with Crippen LogP contribution in [-0.2, 0) is 0 Å². The van der Waals surface area contributed by atoms with Gasteiger partial charge in [0.05, 0.1) is 0 Å². The molecule has 4 aromatic heterocycles. The molecule has 13 aromatic rings. The Morgan fingerprint density at radius 1 is 0.286 bits per heavy atom. The van der Waals surface area contributed by atoms with E-state index in [9.17, 15) is 0 Å². The van der Waals surface area contributed by atoms with Crippen LogP contribution in [0.25, 0.3) is 132 Å². The van der Waals surface area contributed by atoms with Crippen LogP contribution in [0.5, 0.6) is 0 Å². The molecule has 0 spiro atoms. The van der Waals surface area contributed by atoms with Crippen LogP contribution < -0.4 is 0 Å². The van der Waals surface area contributed by atoms with Gasteiger partial charge in [0, 0.05) is 58.4 Å². The van der Waals surface area contributed by atoms with Crippen molar-refractivity contribution in [2.75, 3.05) is 0 Å². The third-order valence-electron chi connectivity index (χ3n) is 12.2. The largest absolute Gasteiger partial charge is 0.456 e. The first kappa shape index (κ1) is 35.6. The van der Waals surface area contributed by atoms with Crippen molar-refractivity contribution in [3.8, 4) is 67.5 Å². The number of hydrogen-bond donors (Lipinski definition) is 0. The maximum atomic E-state index is 6.62. The van der Waals surface area contributed by atoms with Crippen molar-refractivity contribution in [3.05, 3.63) is 200 Å². The average Bonchev–Trinajstić information content (AvgIpc) is 4.05. The zero-order valence-electron chi connectivity index (χ0n) is 33.6. The highest BCUT2D eigenvalue weighted by Gasteiger charge is 2.21. The Kier molecular flexibility index (Phi) is 8.01. The highest BCUT2D eigenvalue weighted by molar-refractivity contribution is 7.25. The highest BCUT2D eigenvalue weighted by atomic mass is 32.1. The number of fused-ring (bicyclic) bond motifs is 9. The summed E-state index contributed by atoms with van der Waals surface area (Å²) in [5.41, 5.74) is 12.7. The zero-order valence-corrected chi connectivity index (χ0v) is 34.4. The minimum atomic E-state index is 0.577. The van der Waals surface area contributed by atoms with E-state index in [2.05, 4.69) is 152 Å². The van der Waals surface area contributed by atoms with E-state index >= 15 is 0 Å². The van der Waals surface area contributed by atoms with E-state index in [1.54, 1.807) is 0 Å². The summed E-state index contributed by atoms with van der Waals surface area (Å²) in [5.74, 6) is 1.78. The van der Waals surface area contributed by atoms with Crippen molar-refractivity contribution in [2.24, 2.45) is 0 Å². The summed E-state index contributed by atoms with van der Waals surface area (Å²) in [5, 5.41) is 6.70. The molecule has 0 aliphatic heterocycles. The number of benzene rings is 9. The molecule has 0 saturated carbocycles. The molecule has 0 unspecified atom stereocenters. The van der Waals surface area contributed by atoms with E-state index in [0.717, 1.165) is 93.9 Å². The molecule has 5 nitrogen and oxygen atoms in total. The molecule has 13 rings (SSSR count). The van der Waals surface area contributed by atoms with Gasteiger partial charge in [0.1, 0.15) is 22.3 Å². The fourth-order valence-electron chi connectivity index (χ4n) is 9.21. The van der Waals surface area contributed by atoms with Gasteiger partial charge in [0.15, 0.2) is 17.5 Å². The topological polar surface area (TPSA) is 65.0 Å². The smallest absolute Gasteiger partial charge is 0.164 e. The summed E-state index contributed by atoms with van der Waals surface area (Å²) < 4.78 is 15.8. The van der Waals surface area contributed by atoms with E-state index in [0.29, 0.717) is 17.5 Å². The van der Waals surface area contributed by atoms with Gasteiger partial charge in [-0.3, -0.25) is 0 Å². The van der Waals surface area contributed by atoms with Crippen molar-refractivity contribution in [3.63, 3.8) is 0 Å². The van der Waals surface area contributed by atoms with Crippen molar-refractivity contribution in [1.29, 1.82) is 0 Å². The van der Waals surface area contributed by atoms with Crippen LogP contribution in [0, 0.1) is 0 Å². The Balaban J connectivity index is 0.977. The number of aromatic nitrogens is 3. The third-order valence-corrected chi connectivity index (χ3v) is 13.3. The first-order valence-corrected chi connectivity index (χ1v) is 21.8. The lowest BCUT2D eigenvalue weighted by molar-refractivity contribution is 0.669. The van der Waals surface area contributed by atoms with Gasteiger partial charge >= 0.3 is 0 Å². The maximum absolute atomic E-state index is 6.62. The predicted molar refractivity (Wildman–Crippen MR) is 260 cm³/mol. The number of nitrogens with zero attached hydrogens (tertiary/aromatic N) is 3. The first-order valence-electron chi connectivity index (χ1n) is 21.0.